The normalized spacial score (nSPS) is 10.8. The molecule has 0 aliphatic heterocycles. The van der Waals surface area contributed by atoms with Crippen LogP contribution in [0.1, 0.15) is 11.4 Å². The molecule has 0 bridgehead atoms. The molecule has 0 saturated carbocycles. The van der Waals surface area contributed by atoms with Gasteiger partial charge in [-0.2, -0.15) is 0 Å². The van der Waals surface area contributed by atoms with Crippen LogP contribution in [0.4, 0.5) is 10.2 Å². The molecule has 3 aromatic rings. The van der Waals surface area contributed by atoms with Crippen LogP contribution in [0.2, 0.25) is 0 Å². The Morgan fingerprint density at radius 3 is 2.53 bits per heavy atom. The summed E-state index contributed by atoms with van der Waals surface area (Å²) in [7, 11) is 0. The van der Waals surface area contributed by atoms with E-state index >= 15 is 0 Å². The molecule has 19 heavy (non-hydrogen) atoms. The van der Waals surface area contributed by atoms with E-state index in [2.05, 4.69) is 9.97 Å². The van der Waals surface area contributed by atoms with Gasteiger partial charge in [-0.05, 0) is 23.8 Å². The Hall–Kier alpha value is -2.49. The number of anilines is 1. The van der Waals surface area contributed by atoms with Crippen LogP contribution < -0.4 is 5.73 Å². The minimum absolute atomic E-state index is 0.252. The minimum atomic E-state index is -0.252. The molecule has 4 heteroatoms. The lowest BCUT2D eigenvalue weighted by molar-refractivity contribution is 0.612. The average Bonchev–Trinajstić information content (AvgIpc) is 2.42. The fourth-order valence-corrected chi connectivity index (χ4v) is 2.04. The fourth-order valence-electron chi connectivity index (χ4n) is 2.04. The topological polar surface area (TPSA) is 51.8 Å². The van der Waals surface area contributed by atoms with E-state index < -0.39 is 0 Å². The van der Waals surface area contributed by atoms with Crippen LogP contribution >= 0.6 is 0 Å². The van der Waals surface area contributed by atoms with Crippen molar-refractivity contribution in [3.63, 3.8) is 0 Å². The summed E-state index contributed by atoms with van der Waals surface area (Å²) in [6, 6.07) is 14.1. The van der Waals surface area contributed by atoms with Gasteiger partial charge < -0.3 is 5.73 Å². The minimum Gasteiger partial charge on any atom is -0.383 e. The first-order valence-electron chi connectivity index (χ1n) is 5.98. The number of benzene rings is 2. The molecule has 0 atom stereocenters. The first kappa shape index (κ1) is 11.6. The van der Waals surface area contributed by atoms with E-state index in [-0.39, 0.29) is 5.82 Å². The summed E-state index contributed by atoms with van der Waals surface area (Å²) in [5, 5.41) is 0.819. The maximum absolute atomic E-state index is 13.6. The van der Waals surface area contributed by atoms with Crippen LogP contribution in [-0.2, 0) is 6.42 Å². The summed E-state index contributed by atoms with van der Waals surface area (Å²) >= 11 is 0. The predicted octanol–water partition coefficient (Wildman–Crippen LogP) is 2.94. The SMILES string of the molecule is Nc1nc(Cc2ccccc2F)nc2ccccc12. The average molecular weight is 253 g/mol. The fraction of sp³-hybridized carbons (Fsp3) is 0.0667. The lowest BCUT2D eigenvalue weighted by Gasteiger charge is -2.06. The van der Waals surface area contributed by atoms with Crippen molar-refractivity contribution < 1.29 is 4.39 Å². The highest BCUT2D eigenvalue weighted by Gasteiger charge is 2.08. The summed E-state index contributed by atoms with van der Waals surface area (Å²) in [6.45, 7) is 0. The van der Waals surface area contributed by atoms with Crippen molar-refractivity contribution in [1.29, 1.82) is 0 Å². The molecule has 94 valence electrons. The quantitative estimate of drug-likeness (QED) is 0.764. The number of nitrogens with zero attached hydrogens (tertiary/aromatic N) is 2. The second-order valence-corrected chi connectivity index (χ2v) is 4.31. The molecule has 1 heterocycles. The standard InChI is InChI=1S/C15H12FN3/c16-12-7-3-1-5-10(12)9-14-18-13-8-4-2-6-11(13)15(17)19-14/h1-8H,9H2,(H2,17,18,19). The van der Waals surface area contributed by atoms with Crippen molar-refractivity contribution in [2.45, 2.75) is 6.42 Å². The molecule has 0 amide bonds. The zero-order valence-electron chi connectivity index (χ0n) is 10.2. The molecule has 1 aromatic heterocycles. The summed E-state index contributed by atoms with van der Waals surface area (Å²) < 4.78 is 13.6. The largest absolute Gasteiger partial charge is 0.383 e. The van der Waals surface area contributed by atoms with Crippen molar-refractivity contribution in [3.8, 4) is 0 Å². The molecule has 0 aliphatic rings. The molecule has 3 nitrogen and oxygen atoms in total. The smallest absolute Gasteiger partial charge is 0.135 e. The monoisotopic (exact) mass is 253 g/mol. The highest BCUT2D eigenvalue weighted by atomic mass is 19.1. The van der Waals surface area contributed by atoms with E-state index in [1.54, 1.807) is 18.2 Å². The van der Waals surface area contributed by atoms with E-state index in [1.165, 1.54) is 6.07 Å². The van der Waals surface area contributed by atoms with Crippen molar-refractivity contribution >= 4 is 16.7 Å². The summed E-state index contributed by atoms with van der Waals surface area (Å²) in [6.07, 6.45) is 0.335. The number of nitrogens with two attached hydrogens (primary N) is 1. The van der Waals surface area contributed by atoms with Gasteiger partial charge in [0, 0.05) is 11.8 Å². The maximum Gasteiger partial charge on any atom is 0.135 e. The van der Waals surface area contributed by atoms with Gasteiger partial charge in [0.1, 0.15) is 17.5 Å². The van der Waals surface area contributed by atoms with E-state index in [9.17, 15) is 4.39 Å². The number of hydrogen-bond acceptors (Lipinski definition) is 3. The van der Waals surface area contributed by atoms with Gasteiger partial charge in [-0.1, -0.05) is 30.3 Å². The van der Waals surface area contributed by atoms with Crippen LogP contribution in [0.25, 0.3) is 10.9 Å². The Kier molecular flexibility index (Phi) is 2.83. The van der Waals surface area contributed by atoms with Crippen molar-refractivity contribution in [2.24, 2.45) is 0 Å². The molecule has 0 fully saturated rings. The van der Waals surface area contributed by atoms with E-state index in [0.29, 0.717) is 23.6 Å². The maximum atomic E-state index is 13.6. The highest BCUT2D eigenvalue weighted by molar-refractivity contribution is 5.87. The zero-order valence-corrected chi connectivity index (χ0v) is 10.2. The van der Waals surface area contributed by atoms with Gasteiger partial charge in [-0.15, -0.1) is 0 Å². The van der Waals surface area contributed by atoms with Gasteiger partial charge >= 0.3 is 0 Å². The zero-order chi connectivity index (χ0) is 13.2. The number of rotatable bonds is 2. The highest BCUT2D eigenvalue weighted by Crippen LogP contribution is 2.19. The van der Waals surface area contributed by atoms with Crippen molar-refractivity contribution in [2.75, 3.05) is 5.73 Å². The second kappa shape index (κ2) is 4.65. The van der Waals surface area contributed by atoms with Crippen LogP contribution in [0.5, 0.6) is 0 Å². The van der Waals surface area contributed by atoms with Crippen LogP contribution in [-0.4, -0.2) is 9.97 Å². The molecule has 0 aliphatic carbocycles. The summed E-state index contributed by atoms with van der Waals surface area (Å²) in [4.78, 5) is 8.65. The van der Waals surface area contributed by atoms with Gasteiger partial charge in [0.2, 0.25) is 0 Å². The van der Waals surface area contributed by atoms with Gasteiger partial charge in [-0.3, -0.25) is 0 Å². The molecule has 2 N–H and O–H groups in total. The molecule has 0 saturated heterocycles. The van der Waals surface area contributed by atoms with Crippen molar-refractivity contribution in [3.05, 3.63) is 65.7 Å². The lowest BCUT2D eigenvalue weighted by atomic mass is 10.1. The van der Waals surface area contributed by atoms with Crippen LogP contribution in [0.15, 0.2) is 48.5 Å². The molecular weight excluding hydrogens is 241 g/mol. The Morgan fingerprint density at radius 2 is 1.68 bits per heavy atom. The molecule has 0 spiro atoms. The predicted molar refractivity (Wildman–Crippen MR) is 73.2 cm³/mol. The Labute approximate surface area is 109 Å². The van der Waals surface area contributed by atoms with E-state index in [4.69, 9.17) is 5.73 Å². The van der Waals surface area contributed by atoms with E-state index in [1.807, 2.05) is 24.3 Å². The third-order valence-electron chi connectivity index (χ3n) is 2.99. The van der Waals surface area contributed by atoms with E-state index in [0.717, 1.165) is 10.9 Å². The van der Waals surface area contributed by atoms with Crippen LogP contribution in [0, 0.1) is 5.82 Å². The number of fused-ring (bicyclic) bond motifs is 1. The van der Waals surface area contributed by atoms with Gasteiger partial charge in [0.15, 0.2) is 0 Å². The number of aromatic nitrogens is 2. The van der Waals surface area contributed by atoms with Gasteiger partial charge in [-0.25, -0.2) is 14.4 Å². The summed E-state index contributed by atoms with van der Waals surface area (Å²) in [5.41, 5.74) is 7.25. The number of nitrogen functional groups attached to an aromatic ring is 1. The second-order valence-electron chi connectivity index (χ2n) is 4.31. The molecule has 0 unspecified atom stereocenters. The van der Waals surface area contributed by atoms with Crippen LogP contribution in [0.3, 0.4) is 0 Å². The number of hydrogen-bond donors (Lipinski definition) is 1. The summed E-state index contributed by atoms with van der Waals surface area (Å²) in [5.74, 6) is 0.705. The molecular formula is C15H12FN3. The Morgan fingerprint density at radius 1 is 0.947 bits per heavy atom. The Bertz CT molecular complexity index is 740. The Balaban J connectivity index is 2.04. The number of halogens is 1. The third kappa shape index (κ3) is 2.25. The van der Waals surface area contributed by atoms with Crippen molar-refractivity contribution in [1.82, 2.24) is 9.97 Å². The molecule has 0 radical (unpaired) electrons. The van der Waals surface area contributed by atoms with Gasteiger partial charge in [0.05, 0.1) is 5.52 Å². The molecule has 3 rings (SSSR count). The first-order valence-corrected chi connectivity index (χ1v) is 5.98. The number of para-hydroxylation sites is 1. The first-order chi connectivity index (χ1) is 9.24. The third-order valence-corrected chi connectivity index (χ3v) is 2.99. The lowest BCUT2D eigenvalue weighted by Crippen LogP contribution is -2.03. The molecule has 2 aromatic carbocycles. The van der Waals surface area contributed by atoms with Gasteiger partial charge in [0.25, 0.3) is 0 Å².